The molecule has 2 aliphatic rings. The molecule has 0 radical (unpaired) electrons. The topological polar surface area (TPSA) is 82.2 Å². The summed E-state index contributed by atoms with van der Waals surface area (Å²) in [6, 6.07) is 1.99. The maximum absolute atomic E-state index is 12.7. The molecule has 1 aliphatic heterocycles. The predicted octanol–water partition coefficient (Wildman–Crippen LogP) is 1.99. The first kappa shape index (κ1) is 16.8. The Morgan fingerprint density at radius 2 is 2.08 bits per heavy atom. The number of hydrogen-bond donors (Lipinski definition) is 1. The molecule has 1 spiro atoms. The summed E-state index contributed by atoms with van der Waals surface area (Å²) < 4.78 is 27.1. The summed E-state index contributed by atoms with van der Waals surface area (Å²) in [5, 5.41) is 1.00. The van der Waals surface area contributed by atoms with Crippen LogP contribution in [0.1, 0.15) is 32.6 Å². The van der Waals surface area contributed by atoms with E-state index >= 15 is 0 Å². The Morgan fingerprint density at radius 1 is 1.24 bits per heavy atom. The van der Waals surface area contributed by atoms with Gasteiger partial charge in [0, 0.05) is 37.8 Å². The molecule has 0 unspecified atom stereocenters. The largest absolute Gasteiger partial charge is 0.354 e. The lowest BCUT2D eigenvalue weighted by Crippen LogP contribution is -2.38. The van der Waals surface area contributed by atoms with E-state index in [1.165, 1.54) is 0 Å². The van der Waals surface area contributed by atoms with Crippen LogP contribution in [0.5, 0.6) is 0 Å². The number of nitrogens with zero attached hydrogens (tertiary/aromatic N) is 4. The number of hydrogen-bond acceptors (Lipinski definition) is 5. The third-order valence-corrected chi connectivity index (χ3v) is 7.30. The van der Waals surface area contributed by atoms with Crippen LogP contribution in [0.4, 0.5) is 5.82 Å². The van der Waals surface area contributed by atoms with E-state index in [1.807, 2.05) is 19.2 Å². The van der Waals surface area contributed by atoms with Crippen molar-refractivity contribution in [1.29, 1.82) is 0 Å². The van der Waals surface area contributed by atoms with E-state index in [1.54, 1.807) is 10.6 Å². The van der Waals surface area contributed by atoms with Crippen molar-refractivity contribution in [2.45, 2.75) is 32.6 Å². The molecule has 3 heterocycles. The molecule has 7 nitrogen and oxygen atoms in total. The Kier molecular flexibility index (Phi) is 4.19. The SMILES string of the molecule is CCCCS(=O)(=O)N1CCN(c2ncnc3[nH]ccc23)CC2(CC2)C1. The van der Waals surface area contributed by atoms with Gasteiger partial charge in [-0.3, -0.25) is 0 Å². The van der Waals surface area contributed by atoms with Gasteiger partial charge in [-0.25, -0.2) is 18.4 Å². The molecule has 0 atom stereocenters. The quantitative estimate of drug-likeness (QED) is 0.878. The minimum Gasteiger partial charge on any atom is -0.354 e. The van der Waals surface area contributed by atoms with Crippen molar-refractivity contribution in [2.24, 2.45) is 5.41 Å². The van der Waals surface area contributed by atoms with Gasteiger partial charge in [-0.15, -0.1) is 0 Å². The molecule has 0 bridgehead atoms. The molecule has 1 N–H and O–H groups in total. The number of H-pyrrole nitrogens is 1. The molecule has 2 aromatic heterocycles. The minimum absolute atomic E-state index is 0.0867. The van der Waals surface area contributed by atoms with Crippen LogP contribution in [0.3, 0.4) is 0 Å². The summed E-state index contributed by atoms with van der Waals surface area (Å²) in [5.74, 6) is 1.17. The average Bonchev–Trinajstić information content (AvgIpc) is 3.24. The summed E-state index contributed by atoms with van der Waals surface area (Å²) >= 11 is 0. The Labute approximate surface area is 148 Å². The van der Waals surface area contributed by atoms with E-state index < -0.39 is 10.0 Å². The number of sulfonamides is 1. The first-order chi connectivity index (χ1) is 12.0. The van der Waals surface area contributed by atoms with Crippen LogP contribution in [-0.2, 0) is 10.0 Å². The van der Waals surface area contributed by atoms with Crippen molar-refractivity contribution in [3.8, 4) is 0 Å². The summed E-state index contributed by atoms with van der Waals surface area (Å²) in [4.78, 5) is 14.1. The smallest absolute Gasteiger partial charge is 0.214 e. The number of aromatic nitrogens is 3. The summed E-state index contributed by atoms with van der Waals surface area (Å²) in [6.45, 7) is 4.74. The van der Waals surface area contributed by atoms with Gasteiger partial charge in [-0.05, 0) is 25.3 Å². The Hall–Kier alpha value is -1.67. The zero-order valence-corrected chi connectivity index (χ0v) is 15.4. The van der Waals surface area contributed by atoms with Gasteiger partial charge in [0.25, 0.3) is 0 Å². The third kappa shape index (κ3) is 3.25. The van der Waals surface area contributed by atoms with Crippen LogP contribution in [0.2, 0.25) is 0 Å². The molecule has 136 valence electrons. The number of anilines is 1. The van der Waals surface area contributed by atoms with Crippen molar-refractivity contribution in [2.75, 3.05) is 36.8 Å². The molecule has 1 aliphatic carbocycles. The van der Waals surface area contributed by atoms with Gasteiger partial charge < -0.3 is 9.88 Å². The van der Waals surface area contributed by atoms with E-state index in [4.69, 9.17) is 0 Å². The maximum atomic E-state index is 12.7. The van der Waals surface area contributed by atoms with Crippen molar-refractivity contribution < 1.29 is 8.42 Å². The van der Waals surface area contributed by atoms with Gasteiger partial charge in [-0.2, -0.15) is 4.31 Å². The average molecular weight is 363 g/mol. The molecule has 2 aromatic rings. The first-order valence-corrected chi connectivity index (χ1v) is 10.6. The maximum Gasteiger partial charge on any atom is 0.214 e. The van der Waals surface area contributed by atoms with Gasteiger partial charge >= 0.3 is 0 Å². The van der Waals surface area contributed by atoms with Gasteiger partial charge in [-0.1, -0.05) is 13.3 Å². The normalized spacial score (nSPS) is 20.9. The van der Waals surface area contributed by atoms with Gasteiger partial charge in [0.15, 0.2) is 0 Å². The number of aromatic amines is 1. The predicted molar refractivity (Wildman–Crippen MR) is 98.0 cm³/mol. The van der Waals surface area contributed by atoms with E-state index in [0.717, 1.165) is 49.1 Å². The molecule has 1 saturated carbocycles. The molecular weight excluding hydrogens is 338 g/mol. The fourth-order valence-corrected chi connectivity index (χ4v) is 5.44. The second-order valence-electron chi connectivity index (χ2n) is 7.36. The van der Waals surface area contributed by atoms with Crippen molar-refractivity contribution in [3.05, 3.63) is 18.6 Å². The fourth-order valence-electron chi connectivity index (χ4n) is 3.70. The lowest BCUT2D eigenvalue weighted by molar-refractivity contribution is 0.364. The molecule has 8 heteroatoms. The monoisotopic (exact) mass is 363 g/mol. The van der Waals surface area contributed by atoms with E-state index in [2.05, 4.69) is 19.9 Å². The highest BCUT2D eigenvalue weighted by Crippen LogP contribution is 2.49. The lowest BCUT2D eigenvalue weighted by Gasteiger charge is -2.25. The van der Waals surface area contributed by atoms with Gasteiger partial charge in [0.1, 0.15) is 17.8 Å². The molecule has 1 saturated heterocycles. The summed E-state index contributed by atoms with van der Waals surface area (Å²) in [5.41, 5.74) is 0.912. The number of nitrogens with one attached hydrogen (secondary N) is 1. The van der Waals surface area contributed by atoms with Crippen LogP contribution in [0, 0.1) is 5.41 Å². The van der Waals surface area contributed by atoms with Gasteiger partial charge in [0.05, 0.1) is 11.1 Å². The number of unbranched alkanes of at least 4 members (excludes halogenated alkanes) is 1. The van der Waals surface area contributed by atoms with E-state index in [-0.39, 0.29) is 11.2 Å². The van der Waals surface area contributed by atoms with Crippen LogP contribution < -0.4 is 4.90 Å². The van der Waals surface area contributed by atoms with Gasteiger partial charge in [0.2, 0.25) is 10.0 Å². The molecular formula is C17H25N5O2S. The molecule has 2 fully saturated rings. The zero-order chi connectivity index (χ0) is 17.5. The third-order valence-electron chi connectivity index (χ3n) is 5.40. The first-order valence-electron chi connectivity index (χ1n) is 9.04. The second-order valence-corrected chi connectivity index (χ2v) is 9.45. The molecule has 0 amide bonds. The highest BCUT2D eigenvalue weighted by Gasteiger charge is 2.48. The molecule has 4 rings (SSSR count). The summed E-state index contributed by atoms with van der Waals surface area (Å²) in [7, 11) is -3.17. The second kappa shape index (κ2) is 6.25. The molecule has 25 heavy (non-hydrogen) atoms. The Balaban J connectivity index is 1.61. The summed E-state index contributed by atoms with van der Waals surface area (Å²) in [6.07, 6.45) is 7.25. The number of rotatable bonds is 5. The van der Waals surface area contributed by atoms with E-state index in [9.17, 15) is 8.42 Å². The highest BCUT2D eigenvalue weighted by atomic mass is 32.2. The number of fused-ring (bicyclic) bond motifs is 1. The van der Waals surface area contributed by atoms with Crippen molar-refractivity contribution in [3.63, 3.8) is 0 Å². The zero-order valence-electron chi connectivity index (χ0n) is 14.6. The standard InChI is InChI=1S/C17H25N5O2S/c1-2-3-10-25(23,24)22-9-8-21(11-17(12-22)5-6-17)16-14-4-7-18-15(14)19-13-20-16/h4,7,13H,2-3,5-6,8-12H2,1H3,(H,18,19,20). The van der Waals surface area contributed by atoms with Crippen molar-refractivity contribution in [1.82, 2.24) is 19.3 Å². The van der Waals surface area contributed by atoms with E-state index in [0.29, 0.717) is 19.6 Å². The Morgan fingerprint density at radius 3 is 2.84 bits per heavy atom. The van der Waals surface area contributed by atoms with Crippen molar-refractivity contribution >= 4 is 26.9 Å². The Bertz CT molecular complexity index is 859. The van der Waals surface area contributed by atoms with Crippen LogP contribution >= 0.6 is 0 Å². The van der Waals surface area contributed by atoms with Crippen LogP contribution in [-0.4, -0.2) is 59.6 Å². The lowest BCUT2D eigenvalue weighted by atomic mass is 10.1. The van der Waals surface area contributed by atoms with Crippen LogP contribution in [0.25, 0.3) is 11.0 Å². The fraction of sp³-hybridized carbons (Fsp3) is 0.647. The highest BCUT2D eigenvalue weighted by molar-refractivity contribution is 7.89. The van der Waals surface area contributed by atoms with Crippen LogP contribution in [0.15, 0.2) is 18.6 Å². The molecule has 0 aromatic carbocycles. The minimum atomic E-state index is -3.17.